The molecule has 0 unspecified atom stereocenters. The third-order valence-electron chi connectivity index (χ3n) is 5.93. The zero-order valence-electron chi connectivity index (χ0n) is 23.3. The number of aliphatic imine (C=N–C) groups is 1. The van der Waals surface area contributed by atoms with Crippen molar-refractivity contribution < 1.29 is 9.47 Å². The summed E-state index contributed by atoms with van der Waals surface area (Å²) in [5.41, 5.74) is 8.17. The first-order valence-electron chi connectivity index (χ1n) is 12.5. The summed E-state index contributed by atoms with van der Waals surface area (Å²) in [6.07, 6.45) is 9.67. The molecule has 38 heavy (non-hydrogen) atoms. The Kier molecular flexibility index (Phi) is 12.2. The lowest BCUT2D eigenvalue weighted by Gasteiger charge is -2.14. The summed E-state index contributed by atoms with van der Waals surface area (Å²) >= 11 is 0. The van der Waals surface area contributed by atoms with E-state index >= 15 is 0 Å². The largest absolute Gasteiger partial charge is 0.497 e. The number of ether oxygens (including phenoxy) is 2. The molecule has 3 aromatic rings. The highest BCUT2D eigenvalue weighted by Crippen LogP contribution is 2.30. The summed E-state index contributed by atoms with van der Waals surface area (Å²) in [6.45, 7) is 12.5. The lowest BCUT2D eigenvalue weighted by atomic mass is 9.92. The summed E-state index contributed by atoms with van der Waals surface area (Å²) in [7, 11) is 3.29. The molecule has 196 valence electrons. The SMILES string of the molecule is C=C(N=C(C)c1ccc(OC)cc1)c1ccccc1C(=C/C=C\C)/C(C)=C\C.COc1ccc(C=N)cc1. The van der Waals surface area contributed by atoms with Gasteiger partial charge in [-0.1, -0.05) is 55.1 Å². The molecular formula is C34H38N2O2. The smallest absolute Gasteiger partial charge is 0.118 e. The van der Waals surface area contributed by atoms with Crippen LogP contribution in [0.1, 0.15) is 49.9 Å². The van der Waals surface area contributed by atoms with Crippen LogP contribution in [0.25, 0.3) is 11.3 Å². The van der Waals surface area contributed by atoms with Crippen molar-refractivity contribution in [1.82, 2.24) is 0 Å². The normalized spacial score (nSPS) is 12.0. The van der Waals surface area contributed by atoms with Gasteiger partial charge in [0.15, 0.2) is 0 Å². The van der Waals surface area contributed by atoms with Crippen molar-refractivity contribution in [1.29, 1.82) is 5.41 Å². The van der Waals surface area contributed by atoms with Gasteiger partial charge in [-0.25, -0.2) is 0 Å². The molecule has 4 heteroatoms. The molecule has 3 aromatic carbocycles. The second-order valence-corrected chi connectivity index (χ2v) is 8.41. The van der Waals surface area contributed by atoms with Crippen LogP contribution in [-0.4, -0.2) is 26.1 Å². The van der Waals surface area contributed by atoms with Gasteiger partial charge in [0.1, 0.15) is 11.5 Å². The van der Waals surface area contributed by atoms with Gasteiger partial charge < -0.3 is 14.9 Å². The maximum absolute atomic E-state index is 6.91. The fourth-order valence-corrected chi connectivity index (χ4v) is 3.61. The van der Waals surface area contributed by atoms with Crippen LogP contribution in [0, 0.1) is 5.41 Å². The van der Waals surface area contributed by atoms with Crippen LogP contribution in [0.2, 0.25) is 0 Å². The Balaban J connectivity index is 0.000000423. The van der Waals surface area contributed by atoms with E-state index in [0.29, 0.717) is 0 Å². The van der Waals surface area contributed by atoms with Crippen LogP contribution in [-0.2, 0) is 0 Å². The average Bonchev–Trinajstić information content (AvgIpc) is 2.97. The van der Waals surface area contributed by atoms with Gasteiger partial charge in [0.25, 0.3) is 0 Å². The lowest BCUT2D eigenvalue weighted by Crippen LogP contribution is -1.98. The molecule has 0 aliphatic carbocycles. The van der Waals surface area contributed by atoms with E-state index in [9.17, 15) is 0 Å². The summed E-state index contributed by atoms with van der Waals surface area (Å²) in [5.74, 6) is 1.66. The van der Waals surface area contributed by atoms with Gasteiger partial charge in [-0.2, -0.15) is 0 Å². The Morgan fingerprint density at radius 1 is 0.816 bits per heavy atom. The molecule has 0 fully saturated rings. The molecule has 0 spiro atoms. The van der Waals surface area contributed by atoms with Crippen molar-refractivity contribution >= 4 is 23.2 Å². The minimum atomic E-state index is 0.749. The third-order valence-corrected chi connectivity index (χ3v) is 5.93. The van der Waals surface area contributed by atoms with Crippen molar-refractivity contribution in [3.05, 3.63) is 132 Å². The summed E-state index contributed by atoms with van der Waals surface area (Å²) in [5, 5.41) is 6.91. The summed E-state index contributed by atoms with van der Waals surface area (Å²) < 4.78 is 10.2. The molecule has 0 aromatic heterocycles. The zero-order valence-corrected chi connectivity index (χ0v) is 23.3. The highest BCUT2D eigenvalue weighted by Gasteiger charge is 2.11. The van der Waals surface area contributed by atoms with Crippen LogP contribution >= 0.6 is 0 Å². The maximum atomic E-state index is 6.91. The molecule has 0 radical (unpaired) electrons. The van der Waals surface area contributed by atoms with Gasteiger partial charge in [-0.3, -0.25) is 4.99 Å². The highest BCUT2D eigenvalue weighted by molar-refractivity contribution is 6.02. The standard InChI is InChI=1S/C26H29NO.C8H9NO/c1-7-9-12-24(19(3)8-2)26-14-11-10-13-25(26)21(5)27-20(4)22-15-17-23(28-6)18-16-22;1-10-8-4-2-7(6-9)3-5-8/h7-18H,5H2,1-4,6H3;2-6,9H,1H3/b9-7-,19-8-,24-12+,27-20?;. The van der Waals surface area contributed by atoms with Gasteiger partial charge in [0.05, 0.1) is 19.9 Å². The van der Waals surface area contributed by atoms with E-state index in [0.717, 1.165) is 45.2 Å². The highest BCUT2D eigenvalue weighted by atomic mass is 16.5. The van der Waals surface area contributed by atoms with E-state index in [1.54, 1.807) is 14.2 Å². The van der Waals surface area contributed by atoms with Crippen LogP contribution in [0.4, 0.5) is 0 Å². The van der Waals surface area contributed by atoms with Crippen LogP contribution < -0.4 is 9.47 Å². The first kappa shape index (κ1) is 29.8. The fourth-order valence-electron chi connectivity index (χ4n) is 3.61. The van der Waals surface area contributed by atoms with E-state index in [2.05, 4.69) is 56.9 Å². The second kappa shape index (κ2) is 15.6. The molecule has 4 nitrogen and oxygen atoms in total. The Hall–Kier alpha value is -4.44. The number of hydrogen-bond acceptors (Lipinski definition) is 4. The first-order valence-corrected chi connectivity index (χ1v) is 12.5. The van der Waals surface area contributed by atoms with Gasteiger partial charge >= 0.3 is 0 Å². The number of benzene rings is 3. The van der Waals surface area contributed by atoms with Crippen molar-refractivity contribution in [3.63, 3.8) is 0 Å². The van der Waals surface area contributed by atoms with E-state index in [1.165, 1.54) is 17.4 Å². The Morgan fingerprint density at radius 2 is 1.37 bits per heavy atom. The fraction of sp³-hybridized carbons (Fsp3) is 0.176. The molecule has 1 N–H and O–H groups in total. The van der Waals surface area contributed by atoms with Crippen molar-refractivity contribution in [3.8, 4) is 11.5 Å². The molecule has 0 atom stereocenters. The van der Waals surface area contributed by atoms with E-state index < -0.39 is 0 Å². The second-order valence-electron chi connectivity index (χ2n) is 8.41. The number of nitrogens with one attached hydrogen (secondary N) is 1. The van der Waals surface area contributed by atoms with Crippen molar-refractivity contribution in [2.45, 2.75) is 27.7 Å². The van der Waals surface area contributed by atoms with Gasteiger partial charge in [-0.05, 0) is 104 Å². The van der Waals surface area contributed by atoms with E-state index in [1.807, 2.05) is 74.5 Å². The summed E-state index contributed by atoms with van der Waals surface area (Å²) in [4.78, 5) is 4.80. The monoisotopic (exact) mass is 506 g/mol. The minimum absolute atomic E-state index is 0.749. The molecule has 0 amide bonds. The van der Waals surface area contributed by atoms with E-state index in [-0.39, 0.29) is 0 Å². The number of allylic oxidation sites excluding steroid dienone is 6. The Bertz CT molecular complexity index is 1330. The number of hydrogen-bond donors (Lipinski definition) is 1. The quantitative estimate of drug-likeness (QED) is 0.233. The van der Waals surface area contributed by atoms with Gasteiger partial charge in [-0.15, -0.1) is 0 Å². The zero-order chi connectivity index (χ0) is 27.9. The third kappa shape index (κ3) is 8.59. The van der Waals surface area contributed by atoms with Crippen LogP contribution in [0.15, 0.2) is 114 Å². The molecular weight excluding hydrogens is 468 g/mol. The van der Waals surface area contributed by atoms with E-state index in [4.69, 9.17) is 19.9 Å². The first-order chi connectivity index (χ1) is 18.4. The van der Waals surface area contributed by atoms with Crippen LogP contribution in [0.3, 0.4) is 0 Å². The van der Waals surface area contributed by atoms with Gasteiger partial charge in [0, 0.05) is 17.5 Å². The molecule has 0 aliphatic heterocycles. The Labute approximate surface area is 227 Å². The lowest BCUT2D eigenvalue weighted by molar-refractivity contribution is 0.414. The van der Waals surface area contributed by atoms with Crippen molar-refractivity contribution in [2.24, 2.45) is 4.99 Å². The topological polar surface area (TPSA) is 54.7 Å². The van der Waals surface area contributed by atoms with Gasteiger partial charge in [0.2, 0.25) is 0 Å². The predicted molar refractivity (Wildman–Crippen MR) is 164 cm³/mol. The molecule has 3 rings (SSSR count). The maximum Gasteiger partial charge on any atom is 0.118 e. The minimum Gasteiger partial charge on any atom is -0.497 e. The number of methoxy groups -OCH3 is 2. The predicted octanol–water partition coefficient (Wildman–Crippen LogP) is 8.79. The molecule has 0 saturated carbocycles. The Morgan fingerprint density at radius 3 is 1.87 bits per heavy atom. The average molecular weight is 507 g/mol. The van der Waals surface area contributed by atoms with Crippen molar-refractivity contribution in [2.75, 3.05) is 14.2 Å². The summed E-state index contributed by atoms with van der Waals surface area (Å²) in [6, 6.07) is 23.5. The number of nitrogens with zero attached hydrogens (tertiary/aromatic N) is 1. The number of rotatable bonds is 9. The molecule has 0 saturated heterocycles. The molecule has 0 bridgehead atoms. The molecule has 0 aliphatic rings. The molecule has 0 heterocycles. The van der Waals surface area contributed by atoms with Crippen LogP contribution in [0.5, 0.6) is 11.5 Å².